The third kappa shape index (κ3) is 2.96. The minimum absolute atomic E-state index is 0.203. The standard InChI is InChI=1S/C10H8BrFN4OS/c11-7-1-5(12)2-8(17)6(7)3-14-16-10-15-9(13)4-18-10/h1-4,17H,13H2,(H,15,16). The number of phenolic OH excluding ortho intramolecular Hbond substituents is 1. The summed E-state index contributed by atoms with van der Waals surface area (Å²) < 4.78 is 13.3. The average molecular weight is 331 g/mol. The summed E-state index contributed by atoms with van der Waals surface area (Å²) >= 11 is 4.44. The summed E-state index contributed by atoms with van der Waals surface area (Å²) in [6, 6.07) is 2.25. The van der Waals surface area contributed by atoms with Crippen LogP contribution in [-0.4, -0.2) is 16.3 Å². The van der Waals surface area contributed by atoms with Crippen molar-refractivity contribution in [1.29, 1.82) is 0 Å². The van der Waals surface area contributed by atoms with Crippen LogP contribution >= 0.6 is 27.3 Å². The van der Waals surface area contributed by atoms with E-state index in [4.69, 9.17) is 5.73 Å². The van der Waals surface area contributed by atoms with Gasteiger partial charge in [0.15, 0.2) is 0 Å². The molecule has 1 aromatic heterocycles. The van der Waals surface area contributed by atoms with Crippen molar-refractivity contribution in [2.45, 2.75) is 0 Å². The van der Waals surface area contributed by atoms with Crippen LogP contribution in [0, 0.1) is 5.82 Å². The van der Waals surface area contributed by atoms with E-state index in [0.29, 0.717) is 21.0 Å². The molecule has 0 radical (unpaired) electrons. The Hall–Kier alpha value is -1.67. The normalized spacial score (nSPS) is 11.0. The number of aromatic hydroxyl groups is 1. The first-order valence-electron chi connectivity index (χ1n) is 4.74. The van der Waals surface area contributed by atoms with Crippen LogP contribution in [0.5, 0.6) is 5.75 Å². The van der Waals surface area contributed by atoms with Crippen molar-refractivity contribution < 1.29 is 9.50 Å². The molecule has 1 heterocycles. The Balaban J connectivity index is 2.14. The molecule has 2 aromatic rings. The highest BCUT2D eigenvalue weighted by Crippen LogP contribution is 2.26. The van der Waals surface area contributed by atoms with Crippen LogP contribution in [0.4, 0.5) is 15.3 Å². The second kappa shape index (κ2) is 5.32. The van der Waals surface area contributed by atoms with Crippen molar-refractivity contribution in [3.63, 3.8) is 0 Å². The number of benzene rings is 1. The fraction of sp³-hybridized carbons (Fsp3) is 0. The Bertz CT molecular complexity index is 578. The second-order valence-electron chi connectivity index (χ2n) is 3.27. The quantitative estimate of drug-likeness (QED) is 0.596. The van der Waals surface area contributed by atoms with Crippen molar-refractivity contribution in [2.75, 3.05) is 11.2 Å². The molecule has 2 rings (SSSR count). The third-order valence-corrected chi connectivity index (χ3v) is 3.37. The fourth-order valence-electron chi connectivity index (χ4n) is 1.19. The fourth-order valence-corrected chi connectivity index (χ4v) is 2.26. The van der Waals surface area contributed by atoms with Crippen LogP contribution < -0.4 is 11.2 Å². The number of anilines is 2. The molecule has 0 aliphatic carbocycles. The molecular formula is C10H8BrFN4OS. The van der Waals surface area contributed by atoms with E-state index in [1.54, 1.807) is 5.38 Å². The maximum Gasteiger partial charge on any atom is 0.205 e. The minimum Gasteiger partial charge on any atom is -0.507 e. The number of hydrogen-bond donors (Lipinski definition) is 3. The number of nitrogen functional groups attached to an aromatic ring is 1. The highest BCUT2D eigenvalue weighted by atomic mass is 79.9. The number of hydrogen-bond acceptors (Lipinski definition) is 6. The summed E-state index contributed by atoms with van der Waals surface area (Å²) in [5.74, 6) is -0.327. The van der Waals surface area contributed by atoms with Crippen LogP contribution in [0.15, 0.2) is 27.1 Å². The van der Waals surface area contributed by atoms with Crippen LogP contribution in [0.2, 0.25) is 0 Å². The van der Waals surface area contributed by atoms with Gasteiger partial charge in [0.25, 0.3) is 0 Å². The molecule has 4 N–H and O–H groups in total. The molecule has 94 valence electrons. The summed E-state index contributed by atoms with van der Waals surface area (Å²) in [5.41, 5.74) is 8.47. The summed E-state index contributed by atoms with van der Waals surface area (Å²) in [6.07, 6.45) is 1.36. The first-order valence-corrected chi connectivity index (χ1v) is 6.41. The first-order chi connectivity index (χ1) is 8.56. The largest absolute Gasteiger partial charge is 0.507 e. The Kier molecular flexibility index (Phi) is 3.78. The maximum absolute atomic E-state index is 12.9. The molecule has 0 saturated heterocycles. The minimum atomic E-state index is -0.530. The lowest BCUT2D eigenvalue weighted by molar-refractivity contribution is 0.467. The summed E-state index contributed by atoms with van der Waals surface area (Å²) in [5, 5.41) is 15.6. The Labute approximate surface area is 114 Å². The van der Waals surface area contributed by atoms with Crippen LogP contribution in [-0.2, 0) is 0 Å². The number of phenols is 1. The van der Waals surface area contributed by atoms with Gasteiger partial charge in [-0.1, -0.05) is 0 Å². The van der Waals surface area contributed by atoms with E-state index in [0.717, 1.165) is 6.07 Å². The van der Waals surface area contributed by atoms with Crippen molar-refractivity contribution in [3.8, 4) is 5.75 Å². The van der Waals surface area contributed by atoms with Crippen molar-refractivity contribution in [1.82, 2.24) is 4.98 Å². The molecule has 5 nitrogen and oxygen atoms in total. The first kappa shape index (κ1) is 12.8. The van der Waals surface area contributed by atoms with Gasteiger partial charge in [0.2, 0.25) is 5.13 Å². The van der Waals surface area contributed by atoms with Crippen molar-refractivity contribution >= 4 is 44.4 Å². The SMILES string of the molecule is Nc1csc(NN=Cc2c(O)cc(F)cc2Br)n1. The summed E-state index contributed by atoms with van der Waals surface area (Å²) in [4.78, 5) is 3.94. The number of thiazole rings is 1. The van der Waals surface area contributed by atoms with Gasteiger partial charge in [-0.2, -0.15) is 5.10 Å². The van der Waals surface area contributed by atoms with E-state index in [-0.39, 0.29) is 5.75 Å². The van der Waals surface area contributed by atoms with E-state index >= 15 is 0 Å². The molecule has 0 amide bonds. The molecule has 0 atom stereocenters. The monoisotopic (exact) mass is 330 g/mol. The van der Waals surface area contributed by atoms with Crippen molar-refractivity contribution in [3.05, 3.63) is 33.4 Å². The number of nitrogens with one attached hydrogen (secondary N) is 1. The van der Waals surface area contributed by atoms with Gasteiger partial charge in [0, 0.05) is 15.9 Å². The highest BCUT2D eigenvalue weighted by Gasteiger charge is 2.06. The molecule has 0 spiro atoms. The zero-order valence-corrected chi connectivity index (χ0v) is 11.3. The van der Waals surface area contributed by atoms with Gasteiger partial charge in [0.05, 0.1) is 11.8 Å². The van der Waals surface area contributed by atoms with Gasteiger partial charge in [-0.05, 0) is 22.0 Å². The molecule has 0 aliphatic heterocycles. The number of aromatic nitrogens is 1. The summed E-state index contributed by atoms with van der Waals surface area (Å²) in [7, 11) is 0. The van der Waals surface area contributed by atoms with Crippen LogP contribution in [0.25, 0.3) is 0 Å². The van der Waals surface area contributed by atoms with Crippen LogP contribution in [0.3, 0.4) is 0 Å². The maximum atomic E-state index is 12.9. The number of hydrazone groups is 1. The molecule has 0 bridgehead atoms. The van der Waals surface area contributed by atoms with Gasteiger partial charge >= 0.3 is 0 Å². The zero-order valence-electron chi connectivity index (χ0n) is 8.89. The summed E-state index contributed by atoms with van der Waals surface area (Å²) in [6.45, 7) is 0. The predicted molar refractivity (Wildman–Crippen MR) is 73.5 cm³/mol. The molecule has 1 aromatic carbocycles. The molecule has 0 saturated carbocycles. The van der Waals surface area contributed by atoms with Gasteiger partial charge in [0.1, 0.15) is 17.4 Å². The smallest absolute Gasteiger partial charge is 0.205 e. The van der Waals surface area contributed by atoms with Gasteiger partial charge in [-0.15, -0.1) is 11.3 Å². The molecule has 18 heavy (non-hydrogen) atoms. The Morgan fingerprint density at radius 2 is 2.33 bits per heavy atom. The van der Waals surface area contributed by atoms with Crippen molar-refractivity contribution in [2.24, 2.45) is 5.10 Å². The predicted octanol–water partition coefficient (Wildman–Crippen LogP) is 2.78. The molecule has 0 fully saturated rings. The Morgan fingerprint density at radius 1 is 1.56 bits per heavy atom. The number of rotatable bonds is 3. The average Bonchev–Trinajstić information content (AvgIpc) is 2.68. The lowest BCUT2D eigenvalue weighted by Crippen LogP contribution is -1.93. The lowest BCUT2D eigenvalue weighted by Gasteiger charge is -2.02. The van der Waals surface area contributed by atoms with E-state index in [9.17, 15) is 9.50 Å². The van der Waals surface area contributed by atoms with Gasteiger partial charge in [-0.3, -0.25) is 5.43 Å². The topological polar surface area (TPSA) is 83.5 Å². The van der Waals surface area contributed by atoms with Gasteiger partial charge < -0.3 is 10.8 Å². The van der Waals surface area contributed by atoms with E-state index in [2.05, 4.69) is 31.4 Å². The second-order valence-corrected chi connectivity index (χ2v) is 4.98. The molecule has 0 unspecified atom stereocenters. The Morgan fingerprint density at radius 3 is 2.94 bits per heavy atom. The van der Waals surface area contributed by atoms with Gasteiger partial charge in [-0.25, -0.2) is 9.37 Å². The number of nitrogens with zero attached hydrogens (tertiary/aromatic N) is 2. The van der Waals surface area contributed by atoms with E-state index in [1.165, 1.54) is 23.6 Å². The van der Waals surface area contributed by atoms with E-state index < -0.39 is 5.82 Å². The number of nitrogens with two attached hydrogens (primary N) is 1. The molecular weight excluding hydrogens is 323 g/mol. The zero-order chi connectivity index (χ0) is 13.1. The number of halogens is 2. The lowest BCUT2D eigenvalue weighted by atomic mass is 10.2. The molecule has 0 aliphatic rings. The molecule has 8 heteroatoms. The third-order valence-electron chi connectivity index (χ3n) is 1.95. The highest BCUT2D eigenvalue weighted by molar-refractivity contribution is 9.10. The van der Waals surface area contributed by atoms with Crippen LogP contribution in [0.1, 0.15) is 5.56 Å². The van der Waals surface area contributed by atoms with E-state index in [1.807, 2.05) is 0 Å².